The average Bonchev–Trinajstić information content (AvgIpc) is 2.79. The molecule has 0 atom stereocenters. The Bertz CT molecular complexity index is 510. The maximum Gasteiger partial charge on any atom is 0.256 e. The van der Waals surface area contributed by atoms with Gasteiger partial charge in [-0.15, -0.1) is 11.3 Å². The summed E-state index contributed by atoms with van der Waals surface area (Å²) in [4.78, 5) is 15.7. The number of halogens is 2. The molecule has 1 heterocycles. The molecule has 1 amide bonds. The van der Waals surface area contributed by atoms with Crippen molar-refractivity contribution in [1.29, 1.82) is 0 Å². The second-order valence-electron chi connectivity index (χ2n) is 3.21. The number of nitrogens with one attached hydrogen (secondary N) is 1. The van der Waals surface area contributed by atoms with Crippen LogP contribution in [0.1, 0.15) is 15.4 Å². The van der Waals surface area contributed by atoms with E-state index in [0.29, 0.717) is 0 Å². The number of hydrogen-bond donors (Lipinski definition) is 1. The molecule has 0 radical (unpaired) electrons. The second-order valence-corrected chi connectivity index (χ2v) is 4.59. The third-order valence-electron chi connectivity index (χ3n) is 2.07. The Balaban J connectivity index is 2.10. The lowest BCUT2D eigenvalue weighted by molar-refractivity contribution is 0.0947. The zero-order valence-corrected chi connectivity index (χ0v) is 10.2. The summed E-state index contributed by atoms with van der Waals surface area (Å²) in [5.74, 6) is -1.17. The van der Waals surface area contributed by atoms with Crippen molar-refractivity contribution >= 4 is 28.8 Å². The van der Waals surface area contributed by atoms with Gasteiger partial charge in [-0.05, 0) is 12.1 Å². The zero-order valence-electron chi connectivity index (χ0n) is 8.61. The van der Waals surface area contributed by atoms with Crippen LogP contribution in [0.5, 0.6) is 0 Å². The van der Waals surface area contributed by atoms with Crippen LogP contribution in [0.2, 0.25) is 5.02 Å². The van der Waals surface area contributed by atoms with E-state index in [1.807, 2.05) is 0 Å². The van der Waals surface area contributed by atoms with Crippen LogP contribution < -0.4 is 5.32 Å². The summed E-state index contributed by atoms with van der Waals surface area (Å²) in [6.45, 7) is 0.265. The average molecular weight is 271 g/mol. The van der Waals surface area contributed by atoms with Gasteiger partial charge in [-0.1, -0.05) is 17.7 Å². The van der Waals surface area contributed by atoms with Gasteiger partial charge in [-0.3, -0.25) is 4.79 Å². The van der Waals surface area contributed by atoms with Crippen LogP contribution in [0.4, 0.5) is 4.39 Å². The first-order valence-corrected chi connectivity index (χ1v) is 6.05. The van der Waals surface area contributed by atoms with E-state index in [4.69, 9.17) is 11.6 Å². The molecule has 0 saturated heterocycles. The van der Waals surface area contributed by atoms with E-state index in [9.17, 15) is 9.18 Å². The van der Waals surface area contributed by atoms with Crippen molar-refractivity contribution in [3.8, 4) is 0 Å². The van der Waals surface area contributed by atoms with Gasteiger partial charge in [0, 0.05) is 11.6 Å². The minimum atomic E-state index is -0.630. The summed E-state index contributed by atoms with van der Waals surface area (Å²) in [6.07, 6.45) is 1.64. The number of amides is 1. The molecule has 0 unspecified atom stereocenters. The van der Waals surface area contributed by atoms with Crippen LogP contribution in [0.15, 0.2) is 29.8 Å². The minimum Gasteiger partial charge on any atom is -0.345 e. The van der Waals surface area contributed by atoms with E-state index in [0.717, 1.165) is 5.01 Å². The Morgan fingerprint density at radius 2 is 2.35 bits per heavy atom. The molecule has 0 aliphatic rings. The number of thiazole rings is 1. The molecule has 6 heteroatoms. The van der Waals surface area contributed by atoms with Crippen LogP contribution in [0.3, 0.4) is 0 Å². The van der Waals surface area contributed by atoms with Crippen molar-refractivity contribution < 1.29 is 9.18 Å². The molecule has 2 aromatic rings. The fourth-order valence-electron chi connectivity index (χ4n) is 1.30. The van der Waals surface area contributed by atoms with Gasteiger partial charge in [-0.25, -0.2) is 9.37 Å². The highest BCUT2D eigenvalue weighted by Gasteiger charge is 2.15. The van der Waals surface area contributed by atoms with Crippen LogP contribution in [-0.4, -0.2) is 10.9 Å². The lowest BCUT2D eigenvalue weighted by Gasteiger charge is -2.06. The topological polar surface area (TPSA) is 42.0 Å². The summed E-state index contributed by atoms with van der Waals surface area (Å²) in [5, 5.41) is 5.22. The van der Waals surface area contributed by atoms with Gasteiger partial charge in [-0.2, -0.15) is 0 Å². The quantitative estimate of drug-likeness (QED) is 0.932. The molecule has 1 aromatic heterocycles. The Morgan fingerprint density at radius 1 is 1.53 bits per heavy atom. The van der Waals surface area contributed by atoms with Gasteiger partial charge in [0.05, 0.1) is 17.1 Å². The molecular weight excluding hydrogens is 263 g/mol. The first-order chi connectivity index (χ1) is 8.18. The number of aromatic nitrogens is 1. The number of benzene rings is 1. The highest BCUT2D eigenvalue weighted by atomic mass is 35.5. The SMILES string of the molecule is O=C(NCc1nccs1)c1c(F)cccc1Cl. The van der Waals surface area contributed by atoms with Crippen LogP contribution in [0.25, 0.3) is 0 Å². The van der Waals surface area contributed by atoms with E-state index in [1.165, 1.54) is 29.5 Å². The van der Waals surface area contributed by atoms with Crippen LogP contribution in [0, 0.1) is 5.82 Å². The van der Waals surface area contributed by atoms with E-state index in [2.05, 4.69) is 10.3 Å². The molecule has 88 valence electrons. The maximum absolute atomic E-state index is 13.4. The molecule has 0 bridgehead atoms. The van der Waals surface area contributed by atoms with Crippen molar-refractivity contribution in [2.24, 2.45) is 0 Å². The van der Waals surface area contributed by atoms with Gasteiger partial charge < -0.3 is 5.32 Å². The lowest BCUT2D eigenvalue weighted by atomic mass is 10.2. The Hall–Kier alpha value is -1.46. The molecule has 0 aliphatic heterocycles. The molecule has 0 aliphatic carbocycles. The van der Waals surface area contributed by atoms with Gasteiger partial charge >= 0.3 is 0 Å². The smallest absolute Gasteiger partial charge is 0.256 e. The summed E-state index contributed by atoms with van der Waals surface area (Å²) in [5.41, 5.74) is -0.134. The monoisotopic (exact) mass is 270 g/mol. The number of nitrogens with zero attached hydrogens (tertiary/aromatic N) is 1. The summed E-state index contributed by atoms with van der Waals surface area (Å²) >= 11 is 7.19. The van der Waals surface area contributed by atoms with E-state index in [-0.39, 0.29) is 17.1 Å². The van der Waals surface area contributed by atoms with Crippen molar-refractivity contribution in [2.75, 3.05) is 0 Å². The molecule has 1 N–H and O–H groups in total. The number of hydrogen-bond acceptors (Lipinski definition) is 3. The van der Waals surface area contributed by atoms with Crippen molar-refractivity contribution in [3.63, 3.8) is 0 Å². The Labute approximate surface area is 106 Å². The number of rotatable bonds is 3. The molecule has 0 saturated carbocycles. The normalized spacial score (nSPS) is 10.2. The molecule has 3 nitrogen and oxygen atoms in total. The molecule has 0 spiro atoms. The van der Waals surface area contributed by atoms with E-state index >= 15 is 0 Å². The van der Waals surface area contributed by atoms with Gasteiger partial charge in [0.25, 0.3) is 5.91 Å². The second kappa shape index (κ2) is 5.25. The first-order valence-electron chi connectivity index (χ1n) is 4.79. The Kier molecular flexibility index (Phi) is 3.71. The molecule has 0 fully saturated rings. The minimum absolute atomic E-state index is 0.0987. The van der Waals surface area contributed by atoms with Crippen LogP contribution >= 0.6 is 22.9 Å². The van der Waals surface area contributed by atoms with E-state index < -0.39 is 11.7 Å². The Morgan fingerprint density at radius 3 is 3.00 bits per heavy atom. The largest absolute Gasteiger partial charge is 0.345 e. The van der Waals surface area contributed by atoms with Crippen LogP contribution in [-0.2, 0) is 6.54 Å². The molecular formula is C11H8ClFN2OS. The highest BCUT2D eigenvalue weighted by molar-refractivity contribution is 7.09. The fraction of sp³-hybridized carbons (Fsp3) is 0.0909. The predicted octanol–water partition coefficient (Wildman–Crippen LogP) is 2.87. The first kappa shape index (κ1) is 12.0. The van der Waals surface area contributed by atoms with Crippen molar-refractivity contribution in [1.82, 2.24) is 10.3 Å². The summed E-state index contributed by atoms with van der Waals surface area (Å²) in [6, 6.07) is 4.13. The molecule has 17 heavy (non-hydrogen) atoms. The zero-order chi connectivity index (χ0) is 12.3. The highest BCUT2D eigenvalue weighted by Crippen LogP contribution is 2.18. The van der Waals surface area contributed by atoms with Gasteiger partial charge in [0.2, 0.25) is 0 Å². The molecule has 2 rings (SSSR count). The third-order valence-corrected chi connectivity index (χ3v) is 3.17. The third kappa shape index (κ3) is 2.81. The predicted molar refractivity (Wildman–Crippen MR) is 64.7 cm³/mol. The number of carbonyl (C=O) groups is 1. The van der Waals surface area contributed by atoms with Crippen molar-refractivity contribution in [3.05, 3.63) is 51.2 Å². The van der Waals surface area contributed by atoms with Crippen molar-refractivity contribution in [2.45, 2.75) is 6.54 Å². The lowest BCUT2D eigenvalue weighted by Crippen LogP contribution is -2.24. The molecule has 1 aromatic carbocycles. The fourth-order valence-corrected chi connectivity index (χ4v) is 2.10. The summed E-state index contributed by atoms with van der Waals surface area (Å²) < 4.78 is 13.4. The van der Waals surface area contributed by atoms with E-state index in [1.54, 1.807) is 11.6 Å². The standard InChI is InChI=1S/C11H8ClFN2OS/c12-7-2-1-3-8(13)10(7)11(16)15-6-9-14-4-5-17-9/h1-5H,6H2,(H,15,16). The van der Waals surface area contributed by atoms with Gasteiger partial charge in [0.15, 0.2) is 0 Å². The number of carbonyl (C=O) groups excluding carboxylic acids is 1. The van der Waals surface area contributed by atoms with Gasteiger partial charge in [0.1, 0.15) is 10.8 Å². The maximum atomic E-state index is 13.4. The summed E-state index contributed by atoms with van der Waals surface area (Å²) in [7, 11) is 0.